The highest BCUT2D eigenvalue weighted by Crippen LogP contribution is 2.10. The van der Waals surface area contributed by atoms with Gasteiger partial charge in [-0.3, -0.25) is 4.79 Å². The Balaban J connectivity index is 0.00000441. The lowest BCUT2D eigenvalue weighted by Crippen LogP contribution is -2.24. The van der Waals surface area contributed by atoms with E-state index in [4.69, 9.17) is 0 Å². The van der Waals surface area contributed by atoms with Crippen molar-refractivity contribution in [2.24, 2.45) is 0 Å². The van der Waals surface area contributed by atoms with Gasteiger partial charge in [0.15, 0.2) is 0 Å². The van der Waals surface area contributed by atoms with E-state index in [-0.39, 0.29) is 23.2 Å². The van der Waals surface area contributed by atoms with Gasteiger partial charge in [-0.2, -0.15) is 0 Å². The number of amides is 1. The summed E-state index contributed by atoms with van der Waals surface area (Å²) in [6.45, 7) is 3.30. The molecule has 0 fully saturated rings. The summed E-state index contributed by atoms with van der Waals surface area (Å²) in [5.74, 6) is -0.00500. The third-order valence-corrected chi connectivity index (χ3v) is 4.45. The maximum absolute atomic E-state index is 11.8. The molecule has 0 bridgehead atoms. The maximum atomic E-state index is 11.8. The first kappa shape index (κ1) is 20.9. The summed E-state index contributed by atoms with van der Waals surface area (Å²) in [6.07, 6.45) is 1.27. The molecule has 8 heteroatoms. The van der Waals surface area contributed by atoms with Crippen LogP contribution in [-0.4, -0.2) is 34.5 Å². The van der Waals surface area contributed by atoms with E-state index in [9.17, 15) is 13.2 Å². The average molecular weight is 350 g/mol. The minimum absolute atomic E-state index is 0. The lowest BCUT2D eigenvalue weighted by Gasteiger charge is -2.07. The van der Waals surface area contributed by atoms with Crippen molar-refractivity contribution in [3.8, 4) is 0 Å². The molecule has 0 saturated heterocycles. The van der Waals surface area contributed by atoms with Crippen LogP contribution >= 0.6 is 12.4 Å². The van der Waals surface area contributed by atoms with Crippen LogP contribution in [0.3, 0.4) is 0 Å². The predicted octanol–water partition coefficient (Wildman–Crippen LogP) is 1.02. The largest absolute Gasteiger partial charge is 0.352 e. The number of halogens is 1. The zero-order chi connectivity index (χ0) is 15.7. The van der Waals surface area contributed by atoms with E-state index < -0.39 is 10.0 Å². The van der Waals surface area contributed by atoms with Gasteiger partial charge in [-0.05, 0) is 37.7 Å². The second-order valence-corrected chi connectivity index (χ2v) is 6.40. The Labute approximate surface area is 138 Å². The first-order valence-corrected chi connectivity index (χ1v) is 8.48. The van der Waals surface area contributed by atoms with Gasteiger partial charge >= 0.3 is 0 Å². The van der Waals surface area contributed by atoms with Crippen LogP contribution in [0, 0.1) is 0 Å². The van der Waals surface area contributed by atoms with Crippen molar-refractivity contribution in [1.29, 1.82) is 0 Å². The van der Waals surface area contributed by atoms with E-state index in [2.05, 4.69) is 15.4 Å². The molecule has 6 nitrogen and oxygen atoms in total. The zero-order valence-corrected chi connectivity index (χ0v) is 14.5. The smallest absolute Gasteiger partial charge is 0.240 e. The molecule has 0 atom stereocenters. The molecule has 0 unspecified atom stereocenters. The number of nitrogens with one attached hydrogen (secondary N) is 3. The minimum Gasteiger partial charge on any atom is -0.352 e. The van der Waals surface area contributed by atoms with Crippen LogP contribution in [0.1, 0.15) is 25.3 Å². The van der Waals surface area contributed by atoms with Gasteiger partial charge in [-0.1, -0.05) is 19.1 Å². The Morgan fingerprint density at radius 2 is 1.82 bits per heavy atom. The van der Waals surface area contributed by atoms with E-state index in [0.29, 0.717) is 19.5 Å². The summed E-state index contributed by atoms with van der Waals surface area (Å²) in [4.78, 5) is 11.8. The van der Waals surface area contributed by atoms with Gasteiger partial charge in [0.2, 0.25) is 15.9 Å². The molecule has 22 heavy (non-hydrogen) atoms. The van der Waals surface area contributed by atoms with Crippen molar-refractivity contribution >= 4 is 28.3 Å². The van der Waals surface area contributed by atoms with Crippen LogP contribution in [0.15, 0.2) is 29.2 Å². The van der Waals surface area contributed by atoms with Crippen LogP contribution in [-0.2, 0) is 21.4 Å². The molecule has 0 aromatic heterocycles. The van der Waals surface area contributed by atoms with Crippen molar-refractivity contribution in [3.63, 3.8) is 0 Å². The molecule has 126 valence electrons. The number of hydrogen-bond acceptors (Lipinski definition) is 4. The Hall–Kier alpha value is -1.15. The lowest BCUT2D eigenvalue weighted by molar-refractivity contribution is -0.121. The molecule has 0 aliphatic heterocycles. The lowest BCUT2D eigenvalue weighted by atomic mass is 10.2. The quantitative estimate of drug-likeness (QED) is 0.581. The molecule has 0 radical (unpaired) electrons. The highest BCUT2D eigenvalue weighted by molar-refractivity contribution is 7.89. The van der Waals surface area contributed by atoms with E-state index >= 15 is 0 Å². The van der Waals surface area contributed by atoms with E-state index in [1.54, 1.807) is 31.2 Å². The Morgan fingerprint density at radius 3 is 2.36 bits per heavy atom. The molecule has 1 rings (SSSR count). The molecular formula is C14H24ClN3O3S. The molecule has 3 N–H and O–H groups in total. The standard InChI is InChI=1S/C14H23N3O3S.ClH/c1-3-17-21(19,20)13-8-6-12(7-9-13)11-16-14(18)5-4-10-15-2;/h6-9,15,17H,3-5,10-11H2,1-2H3,(H,16,18);1H. The first-order valence-electron chi connectivity index (χ1n) is 6.99. The second-order valence-electron chi connectivity index (χ2n) is 4.63. The summed E-state index contributed by atoms with van der Waals surface area (Å²) >= 11 is 0. The maximum Gasteiger partial charge on any atom is 0.240 e. The third-order valence-electron chi connectivity index (χ3n) is 2.89. The normalized spacial score (nSPS) is 10.8. The Bertz CT molecular complexity index is 547. The number of sulfonamides is 1. The number of carbonyl (C=O) groups excluding carboxylic acids is 1. The summed E-state index contributed by atoms with van der Waals surface area (Å²) in [7, 11) is -1.57. The zero-order valence-electron chi connectivity index (χ0n) is 12.9. The van der Waals surface area contributed by atoms with Gasteiger partial charge in [0.1, 0.15) is 0 Å². The van der Waals surface area contributed by atoms with Gasteiger partial charge in [-0.15, -0.1) is 12.4 Å². The molecule has 1 aromatic rings. The molecular weight excluding hydrogens is 326 g/mol. The summed E-state index contributed by atoms with van der Waals surface area (Å²) in [6, 6.07) is 6.50. The second kappa shape index (κ2) is 10.6. The molecule has 1 amide bonds. The van der Waals surface area contributed by atoms with Gasteiger partial charge < -0.3 is 10.6 Å². The third kappa shape index (κ3) is 7.22. The number of carbonyl (C=O) groups is 1. The predicted molar refractivity (Wildman–Crippen MR) is 89.6 cm³/mol. The van der Waals surface area contributed by atoms with Crippen molar-refractivity contribution in [2.75, 3.05) is 20.1 Å². The van der Waals surface area contributed by atoms with Crippen LogP contribution < -0.4 is 15.4 Å². The molecule has 0 aliphatic carbocycles. The summed E-state index contributed by atoms with van der Waals surface area (Å²) < 4.78 is 26.0. The van der Waals surface area contributed by atoms with Crippen molar-refractivity contribution in [3.05, 3.63) is 29.8 Å². The summed E-state index contributed by atoms with van der Waals surface area (Å²) in [5.41, 5.74) is 0.868. The van der Waals surface area contributed by atoms with E-state index in [1.165, 1.54) is 0 Å². The van der Waals surface area contributed by atoms with E-state index in [1.807, 2.05) is 7.05 Å². The topological polar surface area (TPSA) is 87.3 Å². The Morgan fingerprint density at radius 1 is 1.18 bits per heavy atom. The van der Waals surface area contributed by atoms with Crippen LogP contribution in [0.2, 0.25) is 0 Å². The number of rotatable bonds is 9. The fourth-order valence-electron chi connectivity index (χ4n) is 1.77. The van der Waals surface area contributed by atoms with Gasteiger partial charge in [0.05, 0.1) is 4.90 Å². The molecule has 0 aliphatic rings. The van der Waals surface area contributed by atoms with E-state index in [0.717, 1.165) is 18.5 Å². The number of hydrogen-bond donors (Lipinski definition) is 3. The minimum atomic E-state index is -3.42. The van der Waals surface area contributed by atoms with Crippen LogP contribution in [0.25, 0.3) is 0 Å². The van der Waals surface area contributed by atoms with Gasteiger partial charge in [0, 0.05) is 19.5 Å². The van der Waals surface area contributed by atoms with Crippen molar-refractivity contribution in [2.45, 2.75) is 31.2 Å². The monoisotopic (exact) mass is 349 g/mol. The van der Waals surface area contributed by atoms with Crippen LogP contribution in [0.4, 0.5) is 0 Å². The highest BCUT2D eigenvalue weighted by atomic mass is 35.5. The molecule has 0 heterocycles. The average Bonchev–Trinajstić information content (AvgIpc) is 2.46. The van der Waals surface area contributed by atoms with Gasteiger partial charge in [0.25, 0.3) is 0 Å². The molecule has 0 spiro atoms. The highest BCUT2D eigenvalue weighted by Gasteiger charge is 2.11. The SMILES string of the molecule is CCNS(=O)(=O)c1ccc(CNC(=O)CCCNC)cc1.Cl. The molecule has 1 aromatic carbocycles. The van der Waals surface area contributed by atoms with Crippen LogP contribution in [0.5, 0.6) is 0 Å². The van der Waals surface area contributed by atoms with Crippen molar-refractivity contribution < 1.29 is 13.2 Å². The first-order chi connectivity index (χ1) is 9.99. The number of benzene rings is 1. The molecule has 0 saturated carbocycles. The van der Waals surface area contributed by atoms with Crippen molar-refractivity contribution in [1.82, 2.24) is 15.4 Å². The summed E-state index contributed by atoms with van der Waals surface area (Å²) in [5, 5.41) is 5.79. The fraction of sp³-hybridized carbons (Fsp3) is 0.500. The fourth-order valence-corrected chi connectivity index (χ4v) is 2.82. The Kier molecular flexibility index (Phi) is 10.0. The van der Waals surface area contributed by atoms with Gasteiger partial charge in [-0.25, -0.2) is 13.1 Å².